The highest BCUT2D eigenvalue weighted by atomic mass is 14.1. The number of fused-ring (bicyclic) bond motifs is 4. The molecule has 0 bridgehead atoms. The van der Waals surface area contributed by atoms with Crippen LogP contribution in [-0.2, 0) is 6.42 Å². The summed E-state index contributed by atoms with van der Waals surface area (Å²) in [6, 6.07) is 29.5. The van der Waals surface area contributed by atoms with Crippen molar-refractivity contribution in [3.8, 4) is 0 Å². The lowest BCUT2D eigenvalue weighted by Gasteiger charge is -2.08. The molecule has 0 aromatic heterocycles. The lowest BCUT2D eigenvalue weighted by molar-refractivity contribution is 0.796. The maximum atomic E-state index is 2.37. The Morgan fingerprint density at radius 1 is 0.500 bits per heavy atom. The molecule has 0 saturated carbocycles. The quantitative estimate of drug-likeness (QED) is 0.297. The van der Waals surface area contributed by atoms with Gasteiger partial charge in [0.1, 0.15) is 0 Å². The molecule has 0 saturated heterocycles. The van der Waals surface area contributed by atoms with Crippen molar-refractivity contribution >= 4 is 43.1 Å². The SMILES string of the molecule is CCCCc1ccc2cc3cc4cc5ccccc5cc4cc3cc2c1. The summed E-state index contributed by atoms with van der Waals surface area (Å²) in [6.45, 7) is 2.25. The normalized spacial score (nSPS) is 11.7. The number of hydrogen-bond acceptors (Lipinski definition) is 0. The van der Waals surface area contributed by atoms with E-state index in [0.717, 1.165) is 0 Å². The zero-order valence-electron chi connectivity index (χ0n) is 15.1. The first-order chi connectivity index (χ1) is 12.8. The highest BCUT2D eigenvalue weighted by Gasteiger charge is 2.04. The van der Waals surface area contributed by atoms with E-state index in [2.05, 4.69) is 85.8 Å². The first-order valence-corrected chi connectivity index (χ1v) is 9.59. The van der Waals surface area contributed by atoms with Crippen LogP contribution in [0, 0.1) is 0 Å². The molecule has 26 heavy (non-hydrogen) atoms. The Morgan fingerprint density at radius 3 is 1.50 bits per heavy atom. The molecule has 0 N–H and O–H groups in total. The fourth-order valence-corrected chi connectivity index (χ4v) is 4.03. The third-order valence-corrected chi connectivity index (χ3v) is 5.50. The van der Waals surface area contributed by atoms with Crippen molar-refractivity contribution in [2.45, 2.75) is 26.2 Å². The molecule has 0 spiro atoms. The van der Waals surface area contributed by atoms with Crippen LogP contribution >= 0.6 is 0 Å². The van der Waals surface area contributed by atoms with Crippen molar-refractivity contribution < 1.29 is 0 Å². The third kappa shape index (κ3) is 2.63. The maximum Gasteiger partial charge on any atom is -0.0171 e. The van der Waals surface area contributed by atoms with Gasteiger partial charge in [0.15, 0.2) is 0 Å². The van der Waals surface area contributed by atoms with Gasteiger partial charge in [-0.1, -0.05) is 55.8 Å². The Labute approximate surface area is 154 Å². The number of hydrogen-bond donors (Lipinski definition) is 0. The van der Waals surface area contributed by atoms with Crippen LogP contribution < -0.4 is 0 Å². The van der Waals surface area contributed by atoms with E-state index in [4.69, 9.17) is 0 Å². The number of aryl methyl sites for hydroxylation is 1. The predicted molar refractivity (Wildman–Crippen MR) is 115 cm³/mol. The highest BCUT2D eigenvalue weighted by molar-refractivity contribution is 6.08. The lowest BCUT2D eigenvalue weighted by atomic mass is 9.96. The monoisotopic (exact) mass is 334 g/mol. The Hall–Kier alpha value is -2.86. The molecule has 0 amide bonds. The van der Waals surface area contributed by atoms with E-state index in [9.17, 15) is 0 Å². The fourth-order valence-electron chi connectivity index (χ4n) is 4.03. The Balaban J connectivity index is 1.73. The standard InChI is InChI=1S/C26H22/c1-2-3-6-18-9-10-21-14-25-16-23-12-19-7-4-5-8-20(19)13-24(23)17-26(25)15-22(21)11-18/h4-5,7-17H,2-3,6H2,1H3. The van der Waals surface area contributed by atoms with Gasteiger partial charge < -0.3 is 0 Å². The summed E-state index contributed by atoms with van der Waals surface area (Å²) in [4.78, 5) is 0. The van der Waals surface area contributed by atoms with Crippen LogP contribution in [0.1, 0.15) is 25.3 Å². The summed E-state index contributed by atoms with van der Waals surface area (Å²) in [5.74, 6) is 0. The van der Waals surface area contributed by atoms with Crippen LogP contribution in [0.4, 0.5) is 0 Å². The largest absolute Gasteiger partial charge is 0.0654 e. The summed E-state index contributed by atoms with van der Waals surface area (Å²) < 4.78 is 0. The van der Waals surface area contributed by atoms with Gasteiger partial charge >= 0.3 is 0 Å². The molecule has 0 atom stereocenters. The summed E-state index contributed by atoms with van der Waals surface area (Å²) in [5.41, 5.74) is 1.45. The highest BCUT2D eigenvalue weighted by Crippen LogP contribution is 2.30. The van der Waals surface area contributed by atoms with Crippen LogP contribution in [0.25, 0.3) is 43.1 Å². The van der Waals surface area contributed by atoms with Crippen LogP contribution in [0.15, 0.2) is 78.9 Å². The Kier molecular flexibility index (Phi) is 3.64. The van der Waals surface area contributed by atoms with Crippen molar-refractivity contribution in [1.82, 2.24) is 0 Å². The molecule has 0 aliphatic heterocycles. The van der Waals surface area contributed by atoms with E-state index < -0.39 is 0 Å². The third-order valence-electron chi connectivity index (χ3n) is 5.50. The van der Waals surface area contributed by atoms with Crippen molar-refractivity contribution in [2.75, 3.05) is 0 Å². The van der Waals surface area contributed by atoms with Gasteiger partial charge in [-0.05, 0) is 97.9 Å². The molecule has 126 valence electrons. The zero-order chi connectivity index (χ0) is 17.5. The summed E-state index contributed by atoms with van der Waals surface area (Å²) in [7, 11) is 0. The number of unbranched alkanes of at least 4 members (excludes halogenated alkanes) is 1. The van der Waals surface area contributed by atoms with E-state index in [-0.39, 0.29) is 0 Å². The summed E-state index contributed by atoms with van der Waals surface area (Å²) in [5, 5.41) is 10.6. The second kappa shape index (κ2) is 6.14. The number of rotatable bonds is 3. The molecule has 5 aromatic rings. The molecule has 5 aromatic carbocycles. The van der Waals surface area contributed by atoms with Gasteiger partial charge in [0, 0.05) is 0 Å². The minimum atomic E-state index is 1.17. The molecule has 0 aliphatic carbocycles. The maximum absolute atomic E-state index is 2.37. The molecule has 0 fully saturated rings. The van der Waals surface area contributed by atoms with E-state index in [1.807, 2.05) is 0 Å². The van der Waals surface area contributed by atoms with Crippen LogP contribution in [0.2, 0.25) is 0 Å². The molecular formula is C26H22. The van der Waals surface area contributed by atoms with Gasteiger partial charge in [0.05, 0.1) is 0 Å². The van der Waals surface area contributed by atoms with Gasteiger partial charge in [0.2, 0.25) is 0 Å². The van der Waals surface area contributed by atoms with E-state index >= 15 is 0 Å². The minimum absolute atomic E-state index is 1.17. The van der Waals surface area contributed by atoms with Gasteiger partial charge in [-0.2, -0.15) is 0 Å². The first kappa shape index (κ1) is 15.4. The van der Waals surface area contributed by atoms with Crippen molar-refractivity contribution in [3.05, 3.63) is 84.4 Å². The summed E-state index contributed by atoms with van der Waals surface area (Å²) >= 11 is 0. The van der Waals surface area contributed by atoms with E-state index in [0.29, 0.717) is 0 Å². The second-order valence-electron chi connectivity index (χ2n) is 7.38. The van der Waals surface area contributed by atoms with Crippen molar-refractivity contribution in [1.29, 1.82) is 0 Å². The van der Waals surface area contributed by atoms with Crippen LogP contribution in [0.5, 0.6) is 0 Å². The van der Waals surface area contributed by atoms with Crippen molar-refractivity contribution in [2.24, 2.45) is 0 Å². The topological polar surface area (TPSA) is 0 Å². The molecule has 0 aliphatic rings. The van der Waals surface area contributed by atoms with Gasteiger partial charge in [-0.25, -0.2) is 0 Å². The Morgan fingerprint density at radius 2 is 0.962 bits per heavy atom. The van der Waals surface area contributed by atoms with Gasteiger partial charge in [-0.15, -0.1) is 0 Å². The smallest absolute Gasteiger partial charge is 0.0171 e. The lowest BCUT2D eigenvalue weighted by Crippen LogP contribution is -1.85. The van der Waals surface area contributed by atoms with Gasteiger partial charge in [0.25, 0.3) is 0 Å². The molecular weight excluding hydrogens is 312 g/mol. The molecule has 0 nitrogen and oxygen atoms in total. The predicted octanol–water partition coefficient (Wildman–Crippen LogP) is 7.64. The Bertz CT molecular complexity index is 1260. The minimum Gasteiger partial charge on any atom is -0.0654 e. The van der Waals surface area contributed by atoms with Crippen LogP contribution in [-0.4, -0.2) is 0 Å². The average Bonchev–Trinajstić information content (AvgIpc) is 2.67. The molecule has 0 heterocycles. The molecule has 0 heteroatoms. The molecule has 0 unspecified atom stereocenters. The fraction of sp³-hybridized carbons (Fsp3) is 0.154. The second-order valence-corrected chi connectivity index (χ2v) is 7.38. The van der Waals surface area contributed by atoms with E-state index in [1.54, 1.807) is 0 Å². The average molecular weight is 334 g/mol. The van der Waals surface area contributed by atoms with E-state index in [1.165, 1.54) is 67.9 Å². The van der Waals surface area contributed by atoms with Crippen molar-refractivity contribution in [3.63, 3.8) is 0 Å². The van der Waals surface area contributed by atoms with Gasteiger partial charge in [-0.3, -0.25) is 0 Å². The zero-order valence-corrected chi connectivity index (χ0v) is 15.1. The first-order valence-electron chi connectivity index (χ1n) is 9.59. The number of benzene rings is 5. The molecule has 0 radical (unpaired) electrons. The van der Waals surface area contributed by atoms with Crippen LogP contribution in [0.3, 0.4) is 0 Å². The molecule has 5 rings (SSSR count). The summed E-state index contributed by atoms with van der Waals surface area (Å²) in [6.07, 6.45) is 3.68.